The molecular formula is C15H22FNO. The molecule has 0 aliphatic heterocycles. The number of amides is 1. The molecule has 0 fully saturated rings. The number of hydrogen-bond acceptors (Lipinski definition) is 1. The van der Waals surface area contributed by atoms with Gasteiger partial charge in [-0.2, -0.15) is 0 Å². The molecule has 1 unspecified atom stereocenters. The Bertz CT molecular complexity index is 392. The average Bonchev–Trinajstić information content (AvgIpc) is 2.26. The van der Waals surface area contributed by atoms with Gasteiger partial charge in [-0.1, -0.05) is 39.8 Å². The first-order chi connectivity index (χ1) is 8.34. The molecule has 0 aliphatic carbocycles. The minimum absolute atomic E-state index is 0.0433. The van der Waals surface area contributed by atoms with Gasteiger partial charge in [-0.05, 0) is 29.5 Å². The van der Waals surface area contributed by atoms with E-state index in [4.69, 9.17) is 0 Å². The fourth-order valence-corrected chi connectivity index (χ4v) is 1.92. The molecule has 1 amide bonds. The molecule has 2 nitrogen and oxygen atoms in total. The van der Waals surface area contributed by atoms with Gasteiger partial charge in [-0.25, -0.2) is 4.39 Å². The lowest BCUT2D eigenvalue weighted by molar-refractivity contribution is -0.122. The van der Waals surface area contributed by atoms with Crippen LogP contribution in [-0.4, -0.2) is 5.91 Å². The van der Waals surface area contributed by atoms with Crippen LogP contribution in [-0.2, 0) is 4.79 Å². The van der Waals surface area contributed by atoms with E-state index in [0.717, 1.165) is 12.0 Å². The molecule has 1 aromatic carbocycles. The zero-order valence-electron chi connectivity index (χ0n) is 11.6. The Kier molecular flexibility index (Phi) is 4.88. The van der Waals surface area contributed by atoms with E-state index in [2.05, 4.69) is 26.1 Å². The molecule has 0 heterocycles. The number of rotatable bonds is 4. The maximum absolute atomic E-state index is 12.9. The van der Waals surface area contributed by atoms with Crippen LogP contribution < -0.4 is 5.32 Å². The van der Waals surface area contributed by atoms with Gasteiger partial charge in [0, 0.05) is 6.42 Å². The van der Waals surface area contributed by atoms with Crippen molar-refractivity contribution in [2.24, 2.45) is 5.41 Å². The molecule has 0 bridgehead atoms. The third kappa shape index (κ3) is 4.13. The SMILES string of the molecule is CCCC(=O)NC(c1ccc(F)cc1)C(C)(C)C. The summed E-state index contributed by atoms with van der Waals surface area (Å²) < 4.78 is 12.9. The maximum atomic E-state index is 12.9. The van der Waals surface area contributed by atoms with Crippen molar-refractivity contribution in [3.8, 4) is 0 Å². The summed E-state index contributed by atoms with van der Waals surface area (Å²) in [4.78, 5) is 11.8. The molecule has 0 spiro atoms. The zero-order chi connectivity index (χ0) is 13.8. The average molecular weight is 251 g/mol. The highest BCUT2D eigenvalue weighted by Crippen LogP contribution is 2.32. The Morgan fingerprint density at radius 1 is 1.28 bits per heavy atom. The van der Waals surface area contributed by atoms with Gasteiger partial charge >= 0.3 is 0 Å². The van der Waals surface area contributed by atoms with Crippen LogP contribution in [0.4, 0.5) is 4.39 Å². The molecule has 0 aliphatic rings. The molecular weight excluding hydrogens is 229 g/mol. The Hall–Kier alpha value is -1.38. The Balaban J connectivity index is 2.92. The topological polar surface area (TPSA) is 29.1 Å². The van der Waals surface area contributed by atoms with Gasteiger partial charge < -0.3 is 5.32 Å². The molecule has 1 N–H and O–H groups in total. The standard InChI is InChI=1S/C15H22FNO/c1-5-6-13(18)17-14(15(2,3)4)11-7-9-12(16)10-8-11/h7-10,14H,5-6H2,1-4H3,(H,17,18). The van der Waals surface area contributed by atoms with Crippen LogP contribution in [0.15, 0.2) is 24.3 Å². The first kappa shape index (κ1) is 14.7. The van der Waals surface area contributed by atoms with Crippen molar-refractivity contribution in [3.63, 3.8) is 0 Å². The Labute approximate surface area is 109 Å². The highest BCUT2D eigenvalue weighted by Gasteiger charge is 2.27. The van der Waals surface area contributed by atoms with Crippen molar-refractivity contribution < 1.29 is 9.18 Å². The predicted octanol–water partition coefficient (Wildman–Crippen LogP) is 3.83. The fraction of sp³-hybridized carbons (Fsp3) is 0.533. The largest absolute Gasteiger partial charge is 0.349 e. The fourth-order valence-electron chi connectivity index (χ4n) is 1.92. The number of carbonyl (C=O) groups excluding carboxylic acids is 1. The zero-order valence-corrected chi connectivity index (χ0v) is 11.6. The lowest BCUT2D eigenvalue weighted by atomic mass is 9.82. The van der Waals surface area contributed by atoms with Gasteiger partial charge in [0.2, 0.25) is 5.91 Å². The Morgan fingerprint density at radius 3 is 2.28 bits per heavy atom. The van der Waals surface area contributed by atoms with Crippen molar-refractivity contribution in [1.82, 2.24) is 5.32 Å². The van der Waals surface area contributed by atoms with Crippen LogP contribution in [0.25, 0.3) is 0 Å². The highest BCUT2D eigenvalue weighted by atomic mass is 19.1. The van der Waals surface area contributed by atoms with E-state index in [9.17, 15) is 9.18 Å². The number of carbonyl (C=O) groups is 1. The van der Waals surface area contributed by atoms with Crippen LogP contribution in [0.2, 0.25) is 0 Å². The smallest absolute Gasteiger partial charge is 0.220 e. The van der Waals surface area contributed by atoms with Gasteiger partial charge in [-0.15, -0.1) is 0 Å². The highest BCUT2D eigenvalue weighted by molar-refractivity contribution is 5.76. The minimum Gasteiger partial charge on any atom is -0.349 e. The van der Waals surface area contributed by atoms with Crippen LogP contribution in [0.5, 0.6) is 0 Å². The minimum atomic E-state index is -0.258. The van der Waals surface area contributed by atoms with Crippen molar-refractivity contribution in [1.29, 1.82) is 0 Å². The van der Waals surface area contributed by atoms with E-state index in [-0.39, 0.29) is 23.2 Å². The van der Waals surface area contributed by atoms with E-state index in [1.165, 1.54) is 12.1 Å². The van der Waals surface area contributed by atoms with Crippen LogP contribution in [0.3, 0.4) is 0 Å². The van der Waals surface area contributed by atoms with Gasteiger partial charge in [0.1, 0.15) is 5.82 Å². The van der Waals surface area contributed by atoms with Gasteiger partial charge in [0.25, 0.3) is 0 Å². The second kappa shape index (κ2) is 5.98. The van der Waals surface area contributed by atoms with E-state index in [1.54, 1.807) is 12.1 Å². The van der Waals surface area contributed by atoms with E-state index in [0.29, 0.717) is 6.42 Å². The second-order valence-corrected chi connectivity index (χ2v) is 5.67. The first-order valence-electron chi connectivity index (χ1n) is 6.39. The number of halogens is 1. The normalized spacial score (nSPS) is 13.2. The lowest BCUT2D eigenvalue weighted by Gasteiger charge is -2.32. The third-order valence-electron chi connectivity index (χ3n) is 2.85. The molecule has 1 aromatic rings. The molecule has 18 heavy (non-hydrogen) atoms. The molecule has 1 atom stereocenters. The summed E-state index contributed by atoms with van der Waals surface area (Å²) in [7, 11) is 0. The quantitative estimate of drug-likeness (QED) is 0.865. The van der Waals surface area contributed by atoms with Crippen LogP contribution in [0.1, 0.15) is 52.1 Å². The number of nitrogens with one attached hydrogen (secondary N) is 1. The summed E-state index contributed by atoms with van der Waals surface area (Å²) in [5.74, 6) is -0.215. The summed E-state index contributed by atoms with van der Waals surface area (Å²) in [6.45, 7) is 8.16. The van der Waals surface area contributed by atoms with E-state index in [1.807, 2.05) is 6.92 Å². The van der Waals surface area contributed by atoms with Crippen molar-refractivity contribution >= 4 is 5.91 Å². The third-order valence-corrected chi connectivity index (χ3v) is 2.85. The number of hydrogen-bond donors (Lipinski definition) is 1. The molecule has 0 saturated carbocycles. The van der Waals surface area contributed by atoms with Crippen molar-refractivity contribution in [3.05, 3.63) is 35.6 Å². The monoisotopic (exact) mass is 251 g/mol. The van der Waals surface area contributed by atoms with Gasteiger partial charge in [0.15, 0.2) is 0 Å². The lowest BCUT2D eigenvalue weighted by Crippen LogP contribution is -2.36. The van der Waals surface area contributed by atoms with Crippen LogP contribution >= 0.6 is 0 Å². The molecule has 0 aromatic heterocycles. The first-order valence-corrected chi connectivity index (χ1v) is 6.39. The molecule has 1 rings (SSSR count). The van der Waals surface area contributed by atoms with Crippen molar-refractivity contribution in [2.45, 2.75) is 46.6 Å². The predicted molar refractivity (Wildman–Crippen MR) is 71.6 cm³/mol. The molecule has 3 heteroatoms. The van der Waals surface area contributed by atoms with Crippen molar-refractivity contribution in [2.75, 3.05) is 0 Å². The Morgan fingerprint density at radius 2 is 1.83 bits per heavy atom. The summed E-state index contributed by atoms with van der Waals surface area (Å²) in [6, 6.07) is 6.23. The van der Waals surface area contributed by atoms with E-state index >= 15 is 0 Å². The maximum Gasteiger partial charge on any atom is 0.220 e. The summed E-state index contributed by atoms with van der Waals surface area (Å²) >= 11 is 0. The molecule has 0 saturated heterocycles. The summed E-state index contributed by atoms with van der Waals surface area (Å²) in [5.41, 5.74) is 0.828. The molecule has 100 valence electrons. The van der Waals surface area contributed by atoms with E-state index < -0.39 is 0 Å². The summed E-state index contributed by atoms with van der Waals surface area (Å²) in [6.07, 6.45) is 1.35. The second-order valence-electron chi connectivity index (χ2n) is 5.67. The number of benzene rings is 1. The van der Waals surface area contributed by atoms with Crippen LogP contribution in [0, 0.1) is 11.2 Å². The molecule has 0 radical (unpaired) electrons. The van der Waals surface area contributed by atoms with Gasteiger partial charge in [0.05, 0.1) is 6.04 Å². The van der Waals surface area contributed by atoms with Gasteiger partial charge in [-0.3, -0.25) is 4.79 Å². The summed E-state index contributed by atoms with van der Waals surface area (Å²) in [5, 5.41) is 3.03.